The Kier molecular flexibility index (Phi) is 5.42. The van der Waals surface area contributed by atoms with E-state index < -0.39 is 36.5 Å². The molecule has 0 unspecified atom stereocenters. The third-order valence-corrected chi connectivity index (χ3v) is 8.61. The number of nitrogens with two attached hydrogens (primary N) is 1. The van der Waals surface area contributed by atoms with Crippen molar-refractivity contribution in [3.05, 3.63) is 46.3 Å². The number of primary sulfonamides is 1. The van der Waals surface area contributed by atoms with Gasteiger partial charge in [0.25, 0.3) is 0 Å². The highest BCUT2D eigenvalue weighted by Gasteiger charge is 2.33. The predicted octanol–water partition coefficient (Wildman–Crippen LogP) is 0.954. The topological polar surface area (TPSA) is 144 Å². The van der Waals surface area contributed by atoms with Gasteiger partial charge in [0, 0.05) is 32.2 Å². The van der Waals surface area contributed by atoms with E-state index in [-0.39, 0.29) is 40.3 Å². The summed E-state index contributed by atoms with van der Waals surface area (Å²) in [6.45, 7) is 0.192. The summed E-state index contributed by atoms with van der Waals surface area (Å²) in [5.74, 6) is -0.676. The lowest BCUT2D eigenvalue weighted by molar-refractivity contribution is -0.383. The van der Waals surface area contributed by atoms with Gasteiger partial charge in [-0.05, 0) is 18.2 Å². The van der Waals surface area contributed by atoms with Crippen LogP contribution >= 0.6 is 11.3 Å². The molecule has 1 saturated heterocycles. The largest absolute Gasteiger partial charge is 0.355 e. The van der Waals surface area contributed by atoms with Crippen molar-refractivity contribution in [1.29, 1.82) is 0 Å². The molecule has 2 heterocycles. The molecule has 0 saturated carbocycles. The molecule has 0 atom stereocenters. The molecule has 0 amide bonds. The van der Waals surface area contributed by atoms with E-state index >= 15 is 0 Å². The Morgan fingerprint density at radius 3 is 2.29 bits per heavy atom. The first-order chi connectivity index (χ1) is 13.0. The number of benzene rings is 1. The van der Waals surface area contributed by atoms with Crippen LogP contribution in [0.5, 0.6) is 0 Å². The van der Waals surface area contributed by atoms with Gasteiger partial charge in [-0.1, -0.05) is 17.4 Å². The molecule has 0 bridgehead atoms. The summed E-state index contributed by atoms with van der Waals surface area (Å²) in [7, 11) is -8.02. The van der Waals surface area contributed by atoms with Gasteiger partial charge in [0.15, 0.2) is 5.00 Å². The minimum atomic E-state index is -4.11. The molecule has 10 nitrogen and oxygen atoms in total. The fraction of sp³-hybridized carbons (Fsp3) is 0.286. The molecule has 0 radical (unpaired) electrons. The van der Waals surface area contributed by atoms with E-state index in [0.29, 0.717) is 11.3 Å². The maximum absolute atomic E-state index is 13.4. The van der Waals surface area contributed by atoms with Crippen LogP contribution in [0.2, 0.25) is 0 Å². The van der Waals surface area contributed by atoms with Gasteiger partial charge in [-0.3, -0.25) is 10.1 Å². The van der Waals surface area contributed by atoms with Crippen LogP contribution in [0.25, 0.3) is 0 Å². The predicted molar refractivity (Wildman–Crippen MR) is 99.7 cm³/mol. The van der Waals surface area contributed by atoms with Gasteiger partial charge in [-0.2, -0.15) is 4.31 Å². The van der Waals surface area contributed by atoms with Crippen LogP contribution in [0.3, 0.4) is 0 Å². The lowest BCUT2D eigenvalue weighted by atomic mass is 10.3. The maximum Gasteiger partial charge on any atom is 0.305 e. The fourth-order valence-corrected chi connectivity index (χ4v) is 6.10. The summed E-state index contributed by atoms with van der Waals surface area (Å²) in [6.07, 6.45) is 0. The smallest absolute Gasteiger partial charge is 0.305 e. The van der Waals surface area contributed by atoms with Crippen molar-refractivity contribution in [2.24, 2.45) is 5.14 Å². The standard InChI is InChI=1S/C14H15FN4O6S3/c15-10-2-1-3-11(8-10)28(24,25)18-6-4-17(5-7-18)14-12(19(20)21)9-13(26-14)27(16,22)23/h1-3,8-9H,4-7H2,(H2,16,22,23). The van der Waals surface area contributed by atoms with E-state index in [1.807, 2.05) is 0 Å². The number of anilines is 1. The zero-order valence-electron chi connectivity index (χ0n) is 14.2. The molecule has 0 spiro atoms. The first kappa shape index (κ1) is 20.6. The number of thiophene rings is 1. The van der Waals surface area contributed by atoms with Crippen molar-refractivity contribution in [3.63, 3.8) is 0 Å². The van der Waals surface area contributed by atoms with Crippen molar-refractivity contribution in [1.82, 2.24) is 4.31 Å². The lowest BCUT2D eigenvalue weighted by Crippen LogP contribution is -2.48. The van der Waals surface area contributed by atoms with E-state index in [1.165, 1.54) is 17.0 Å². The number of hydrogen-bond donors (Lipinski definition) is 1. The Morgan fingerprint density at radius 1 is 1.11 bits per heavy atom. The first-order valence-corrected chi connectivity index (χ1v) is 11.6. The number of hydrogen-bond acceptors (Lipinski definition) is 8. The van der Waals surface area contributed by atoms with Crippen LogP contribution in [0, 0.1) is 15.9 Å². The monoisotopic (exact) mass is 450 g/mol. The lowest BCUT2D eigenvalue weighted by Gasteiger charge is -2.34. The van der Waals surface area contributed by atoms with Crippen molar-refractivity contribution in [3.8, 4) is 0 Å². The first-order valence-electron chi connectivity index (χ1n) is 7.82. The molecule has 3 rings (SSSR count). The number of rotatable bonds is 5. The average molecular weight is 450 g/mol. The molecule has 1 aromatic carbocycles. The molecule has 28 heavy (non-hydrogen) atoms. The average Bonchev–Trinajstić information content (AvgIpc) is 3.08. The quantitative estimate of drug-likeness (QED) is 0.527. The van der Waals surface area contributed by atoms with Crippen LogP contribution in [-0.2, 0) is 20.0 Å². The Bertz CT molecular complexity index is 1120. The molecular weight excluding hydrogens is 435 g/mol. The van der Waals surface area contributed by atoms with Crippen molar-refractivity contribution in [2.45, 2.75) is 9.10 Å². The summed E-state index contributed by atoms with van der Waals surface area (Å²) in [5, 5.41) is 16.4. The van der Waals surface area contributed by atoms with E-state index in [0.717, 1.165) is 22.5 Å². The van der Waals surface area contributed by atoms with Crippen LogP contribution in [0.4, 0.5) is 15.1 Å². The fourth-order valence-electron chi connectivity index (χ4n) is 2.76. The van der Waals surface area contributed by atoms with Gasteiger partial charge in [0.05, 0.1) is 9.82 Å². The SMILES string of the molecule is NS(=O)(=O)c1cc([N+](=O)[O-])c(N2CCN(S(=O)(=O)c3cccc(F)c3)CC2)s1. The van der Waals surface area contributed by atoms with Crippen molar-refractivity contribution < 1.29 is 26.1 Å². The number of nitrogens with zero attached hydrogens (tertiary/aromatic N) is 3. The highest BCUT2D eigenvalue weighted by molar-refractivity contribution is 7.91. The number of piperazine rings is 1. The van der Waals surface area contributed by atoms with Gasteiger partial charge < -0.3 is 4.90 Å². The molecule has 1 fully saturated rings. The Morgan fingerprint density at radius 2 is 1.75 bits per heavy atom. The second-order valence-corrected chi connectivity index (χ2v) is 10.7. The second-order valence-electron chi connectivity index (χ2n) is 5.91. The van der Waals surface area contributed by atoms with Gasteiger partial charge >= 0.3 is 5.69 Å². The summed E-state index contributed by atoms with van der Waals surface area (Å²) < 4.78 is 62.4. The molecule has 2 aromatic rings. The van der Waals surface area contributed by atoms with Crippen molar-refractivity contribution in [2.75, 3.05) is 31.1 Å². The minimum absolute atomic E-state index is 0.00138. The van der Waals surface area contributed by atoms with Crippen LogP contribution in [0.15, 0.2) is 39.4 Å². The molecular formula is C14H15FN4O6S3. The van der Waals surface area contributed by atoms with Crippen molar-refractivity contribution >= 4 is 42.1 Å². The van der Waals surface area contributed by atoms with Gasteiger partial charge in [-0.15, -0.1) is 0 Å². The highest BCUT2D eigenvalue weighted by Crippen LogP contribution is 2.40. The van der Waals surface area contributed by atoms with E-state index in [2.05, 4.69) is 0 Å². The van der Waals surface area contributed by atoms with Gasteiger partial charge in [-0.25, -0.2) is 26.4 Å². The summed E-state index contributed by atoms with van der Waals surface area (Å²) >= 11 is 0.662. The van der Waals surface area contributed by atoms with Gasteiger partial charge in [0.1, 0.15) is 10.0 Å². The van der Waals surface area contributed by atoms with E-state index in [9.17, 15) is 31.3 Å². The van der Waals surface area contributed by atoms with E-state index in [1.54, 1.807) is 0 Å². The number of sulfonamides is 2. The third kappa shape index (κ3) is 4.00. The Balaban J connectivity index is 1.83. The zero-order valence-corrected chi connectivity index (χ0v) is 16.6. The number of nitro groups is 1. The zero-order chi connectivity index (χ0) is 20.7. The van der Waals surface area contributed by atoms with Crippen LogP contribution in [0.1, 0.15) is 0 Å². The molecule has 2 N–H and O–H groups in total. The Hall–Kier alpha value is -2.13. The summed E-state index contributed by atoms with van der Waals surface area (Å²) in [4.78, 5) is 11.9. The summed E-state index contributed by atoms with van der Waals surface area (Å²) in [5.41, 5.74) is -0.407. The van der Waals surface area contributed by atoms with Crippen LogP contribution < -0.4 is 10.0 Å². The normalized spacial score (nSPS) is 16.3. The maximum atomic E-state index is 13.4. The molecule has 152 valence electrons. The van der Waals surface area contributed by atoms with Crippen LogP contribution in [-0.4, -0.2) is 52.2 Å². The molecule has 1 aliphatic heterocycles. The molecule has 0 aliphatic carbocycles. The number of halogens is 1. The molecule has 14 heteroatoms. The highest BCUT2D eigenvalue weighted by atomic mass is 32.2. The molecule has 1 aliphatic rings. The van der Waals surface area contributed by atoms with E-state index in [4.69, 9.17) is 5.14 Å². The third-order valence-electron chi connectivity index (χ3n) is 4.11. The minimum Gasteiger partial charge on any atom is -0.355 e. The summed E-state index contributed by atoms with van der Waals surface area (Å²) in [6, 6.07) is 5.53. The molecule has 1 aromatic heterocycles. The second kappa shape index (κ2) is 7.36. The van der Waals surface area contributed by atoms with Gasteiger partial charge in [0.2, 0.25) is 20.0 Å². The Labute approximate surface area is 164 Å².